The second kappa shape index (κ2) is 9.75. The van der Waals surface area contributed by atoms with Crippen molar-refractivity contribution < 1.29 is 27.5 Å². The number of halogens is 3. The Balaban J connectivity index is 1.88. The van der Waals surface area contributed by atoms with E-state index < -0.39 is 40.3 Å². The van der Waals surface area contributed by atoms with Crippen LogP contribution >= 0.6 is 0 Å². The zero-order chi connectivity index (χ0) is 22.4. The van der Waals surface area contributed by atoms with E-state index >= 15 is 0 Å². The Kier molecular flexibility index (Phi) is 6.86. The van der Waals surface area contributed by atoms with Gasteiger partial charge in [0.25, 0.3) is 0 Å². The molecule has 0 aliphatic carbocycles. The normalized spacial score (nSPS) is 11.3. The summed E-state index contributed by atoms with van der Waals surface area (Å²) in [5, 5.41) is 2.80. The number of ether oxygens (including phenoxy) is 1. The van der Waals surface area contributed by atoms with Crippen LogP contribution < -0.4 is 5.32 Å². The van der Waals surface area contributed by atoms with E-state index in [-0.39, 0.29) is 12.7 Å². The number of benzene rings is 2. The molecule has 9 heteroatoms. The fraction of sp³-hybridized carbons (Fsp3) is 0.136. The molecule has 1 aromatic heterocycles. The number of anilines is 1. The molecule has 6 nitrogen and oxygen atoms in total. The first-order valence-electron chi connectivity index (χ1n) is 9.26. The summed E-state index contributed by atoms with van der Waals surface area (Å²) in [6, 6.07) is 7.78. The summed E-state index contributed by atoms with van der Waals surface area (Å²) >= 11 is 0. The molecule has 2 aromatic carbocycles. The third-order valence-corrected chi connectivity index (χ3v) is 4.23. The smallest absolute Gasteiger partial charge is 0.343 e. The van der Waals surface area contributed by atoms with Crippen LogP contribution in [0.25, 0.3) is 0 Å². The SMILES string of the molecule is CCOC(=O)C(=CNc1cccc(Cn2ccnc2)c1)C(=O)c1cc(F)c(F)cc1F. The van der Waals surface area contributed by atoms with Crippen LogP contribution in [0.1, 0.15) is 22.8 Å². The molecule has 1 N–H and O–H groups in total. The number of carbonyl (C=O) groups excluding carboxylic acids is 2. The minimum absolute atomic E-state index is 0.0376. The van der Waals surface area contributed by atoms with Gasteiger partial charge in [0.05, 0.1) is 18.5 Å². The number of hydrogen-bond acceptors (Lipinski definition) is 5. The molecule has 1 heterocycles. The topological polar surface area (TPSA) is 73.2 Å². The average molecular weight is 429 g/mol. The van der Waals surface area contributed by atoms with Gasteiger partial charge in [-0.2, -0.15) is 0 Å². The summed E-state index contributed by atoms with van der Waals surface area (Å²) in [5.74, 6) is -6.31. The van der Waals surface area contributed by atoms with Gasteiger partial charge in [-0.05, 0) is 30.7 Å². The molecule has 160 valence electrons. The molecule has 0 aliphatic heterocycles. The van der Waals surface area contributed by atoms with E-state index in [0.717, 1.165) is 11.8 Å². The molecular weight excluding hydrogens is 411 g/mol. The maximum atomic E-state index is 14.1. The van der Waals surface area contributed by atoms with Gasteiger partial charge in [-0.1, -0.05) is 12.1 Å². The predicted octanol–water partition coefficient (Wildman–Crippen LogP) is 4.09. The van der Waals surface area contributed by atoms with Gasteiger partial charge in [0, 0.05) is 36.9 Å². The minimum Gasteiger partial charge on any atom is -0.462 e. The van der Waals surface area contributed by atoms with Crippen molar-refractivity contribution >= 4 is 17.4 Å². The highest BCUT2D eigenvalue weighted by molar-refractivity contribution is 6.24. The number of imidazole rings is 1. The van der Waals surface area contributed by atoms with Gasteiger partial charge >= 0.3 is 5.97 Å². The second-order valence-electron chi connectivity index (χ2n) is 6.43. The first-order valence-corrected chi connectivity index (χ1v) is 9.26. The number of esters is 1. The highest BCUT2D eigenvalue weighted by atomic mass is 19.2. The third kappa shape index (κ3) is 5.39. The van der Waals surface area contributed by atoms with Crippen LogP contribution in [0.5, 0.6) is 0 Å². The van der Waals surface area contributed by atoms with Crippen molar-refractivity contribution in [3.63, 3.8) is 0 Å². The van der Waals surface area contributed by atoms with Gasteiger partial charge in [-0.25, -0.2) is 22.9 Å². The first kappa shape index (κ1) is 21.8. The van der Waals surface area contributed by atoms with E-state index in [0.29, 0.717) is 18.3 Å². The van der Waals surface area contributed by atoms with Crippen molar-refractivity contribution in [3.8, 4) is 0 Å². The van der Waals surface area contributed by atoms with Crippen LogP contribution in [-0.2, 0) is 16.1 Å². The van der Waals surface area contributed by atoms with Crippen molar-refractivity contribution in [1.82, 2.24) is 9.55 Å². The van der Waals surface area contributed by atoms with E-state index in [4.69, 9.17) is 4.74 Å². The Morgan fingerprint density at radius 3 is 2.61 bits per heavy atom. The van der Waals surface area contributed by atoms with Gasteiger partial charge in [-0.3, -0.25) is 4.79 Å². The molecule has 31 heavy (non-hydrogen) atoms. The quantitative estimate of drug-likeness (QED) is 0.146. The van der Waals surface area contributed by atoms with Crippen LogP contribution in [0, 0.1) is 17.5 Å². The van der Waals surface area contributed by atoms with E-state index in [9.17, 15) is 22.8 Å². The lowest BCUT2D eigenvalue weighted by Gasteiger charge is -2.10. The molecule has 0 fully saturated rings. The van der Waals surface area contributed by atoms with Crippen molar-refractivity contribution in [2.75, 3.05) is 11.9 Å². The summed E-state index contributed by atoms with van der Waals surface area (Å²) in [6.07, 6.45) is 6.17. The van der Waals surface area contributed by atoms with E-state index in [1.165, 1.54) is 6.92 Å². The number of hydrogen-bond donors (Lipinski definition) is 1. The molecule has 0 spiro atoms. The zero-order valence-electron chi connectivity index (χ0n) is 16.4. The Morgan fingerprint density at radius 1 is 1.13 bits per heavy atom. The molecule has 3 rings (SSSR count). The summed E-state index contributed by atoms with van der Waals surface area (Å²) in [7, 11) is 0. The van der Waals surface area contributed by atoms with E-state index in [1.54, 1.807) is 36.9 Å². The number of aromatic nitrogens is 2. The van der Waals surface area contributed by atoms with Crippen LogP contribution in [-0.4, -0.2) is 27.9 Å². The summed E-state index contributed by atoms with van der Waals surface area (Å²) in [6.45, 7) is 2.04. The summed E-state index contributed by atoms with van der Waals surface area (Å²) in [5.41, 5.74) is 0.102. The lowest BCUT2D eigenvalue weighted by Crippen LogP contribution is -2.19. The standard InChI is InChI=1S/C22H18F3N3O3/c1-2-31-22(30)17(21(29)16-9-19(24)20(25)10-18(16)23)11-27-15-5-3-4-14(8-15)12-28-7-6-26-13-28/h3-11,13,27H,2,12H2,1H3. The van der Waals surface area contributed by atoms with Crippen LogP contribution in [0.4, 0.5) is 18.9 Å². The van der Waals surface area contributed by atoms with Crippen molar-refractivity contribution in [1.29, 1.82) is 0 Å². The maximum Gasteiger partial charge on any atom is 0.343 e. The zero-order valence-corrected chi connectivity index (χ0v) is 16.4. The number of carbonyl (C=O) groups is 2. The summed E-state index contributed by atoms with van der Waals surface area (Å²) < 4.78 is 47.5. The van der Waals surface area contributed by atoms with Crippen molar-refractivity contribution in [3.05, 3.63) is 95.5 Å². The summed E-state index contributed by atoms with van der Waals surface area (Å²) in [4.78, 5) is 28.9. The highest BCUT2D eigenvalue weighted by Crippen LogP contribution is 2.19. The number of rotatable bonds is 8. The molecule has 0 atom stereocenters. The van der Waals surface area contributed by atoms with E-state index in [2.05, 4.69) is 10.3 Å². The van der Waals surface area contributed by atoms with Crippen LogP contribution in [0.15, 0.2) is 66.9 Å². The van der Waals surface area contributed by atoms with Crippen molar-refractivity contribution in [2.24, 2.45) is 0 Å². The van der Waals surface area contributed by atoms with Gasteiger partial charge in [-0.15, -0.1) is 0 Å². The fourth-order valence-electron chi connectivity index (χ4n) is 2.77. The average Bonchev–Trinajstić information content (AvgIpc) is 3.24. The second-order valence-corrected chi connectivity index (χ2v) is 6.43. The molecule has 0 aliphatic rings. The Labute approximate surface area is 176 Å². The molecule has 0 bridgehead atoms. The van der Waals surface area contributed by atoms with Gasteiger partial charge in [0.1, 0.15) is 11.4 Å². The maximum absolute atomic E-state index is 14.1. The molecule has 0 saturated carbocycles. The highest BCUT2D eigenvalue weighted by Gasteiger charge is 2.25. The first-order chi connectivity index (χ1) is 14.9. The van der Waals surface area contributed by atoms with Crippen molar-refractivity contribution in [2.45, 2.75) is 13.5 Å². The Morgan fingerprint density at radius 2 is 1.90 bits per heavy atom. The molecule has 0 unspecified atom stereocenters. The number of nitrogens with one attached hydrogen (secondary N) is 1. The number of nitrogens with zero attached hydrogens (tertiary/aromatic N) is 2. The number of ketones is 1. The Hall–Kier alpha value is -3.88. The third-order valence-electron chi connectivity index (χ3n) is 4.23. The molecule has 0 amide bonds. The molecular formula is C22H18F3N3O3. The largest absolute Gasteiger partial charge is 0.462 e. The fourth-order valence-corrected chi connectivity index (χ4v) is 2.77. The number of Topliss-reactive ketones (excluding diaryl/α,β-unsaturated/α-hetero) is 1. The minimum atomic E-state index is -1.44. The van der Waals surface area contributed by atoms with Gasteiger partial charge in [0.2, 0.25) is 5.78 Å². The molecule has 0 saturated heterocycles. The lowest BCUT2D eigenvalue weighted by atomic mass is 10.0. The lowest BCUT2D eigenvalue weighted by molar-refractivity contribution is -0.138. The Bertz CT molecular complexity index is 1130. The predicted molar refractivity (Wildman–Crippen MR) is 107 cm³/mol. The molecule has 3 aromatic rings. The molecule has 0 radical (unpaired) electrons. The van der Waals surface area contributed by atoms with Gasteiger partial charge in [0.15, 0.2) is 11.6 Å². The van der Waals surface area contributed by atoms with E-state index in [1.807, 2.05) is 10.6 Å². The monoisotopic (exact) mass is 429 g/mol. The van der Waals surface area contributed by atoms with Gasteiger partial charge < -0.3 is 14.6 Å². The van der Waals surface area contributed by atoms with Crippen LogP contribution in [0.3, 0.4) is 0 Å². The van der Waals surface area contributed by atoms with Crippen LogP contribution in [0.2, 0.25) is 0 Å².